The van der Waals surface area contributed by atoms with E-state index in [0.717, 1.165) is 32.2 Å². The number of nitrogens with zero attached hydrogens (tertiary/aromatic N) is 1. The standard InChI is InChI=1S/C17H36N2O/c1-6-10-18-13-17(4,7-2)14-19(11-12-20-5)15(3)16-8-9-16/h15-16,18H,6-14H2,1-5H3. The van der Waals surface area contributed by atoms with Crippen LogP contribution in [0.4, 0.5) is 0 Å². The quantitative estimate of drug-likeness (QED) is 0.557. The summed E-state index contributed by atoms with van der Waals surface area (Å²) >= 11 is 0. The summed E-state index contributed by atoms with van der Waals surface area (Å²) in [6.07, 6.45) is 5.28. The number of ether oxygens (including phenoxy) is 1. The van der Waals surface area contributed by atoms with Gasteiger partial charge in [-0.15, -0.1) is 0 Å². The van der Waals surface area contributed by atoms with Crippen molar-refractivity contribution in [3.8, 4) is 0 Å². The first-order valence-electron chi connectivity index (χ1n) is 8.50. The van der Waals surface area contributed by atoms with E-state index in [2.05, 4.69) is 37.9 Å². The Labute approximate surface area is 126 Å². The number of rotatable bonds is 12. The summed E-state index contributed by atoms with van der Waals surface area (Å²) in [5.41, 5.74) is 0.367. The Morgan fingerprint density at radius 2 is 2.05 bits per heavy atom. The van der Waals surface area contributed by atoms with Crippen molar-refractivity contribution in [2.24, 2.45) is 11.3 Å². The van der Waals surface area contributed by atoms with Crippen LogP contribution in [0.3, 0.4) is 0 Å². The highest BCUT2D eigenvalue weighted by molar-refractivity contribution is 4.89. The molecule has 0 bridgehead atoms. The Bertz CT molecular complexity index is 255. The molecule has 1 saturated carbocycles. The van der Waals surface area contributed by atoms with Crippen molar-refractivity contribution in [1.29, 1.82) is 0 Å². The van der Waals surface area contributed by atoms with Gasteiger partial charge in [-0.05, 0) is 50.5 Å². The molecule has 2 atom stereocenters. The van der Waals surface area contributed by atoms with Gasteiger partial charge in [0.05, 0.1) is 6.61 Å². The van der Waals surface area contributed by atoms with Gasteiger partial charge >= 0.3 is 0 Å². The second-order valence-corrected chi connectivity index (χ2v) is 6.88. The van der Waals surface area contributed by atoms with E-state index in [-0.39, 0.29) is 0 Å². The van der Waals surface area contributed by atoms with E-state index in [1.807, 2.05) is 7.11 Å². The fourth-order valence-electron chi connectivity index (χ4n) is 2.86. The van der Waals surface area contributed by atoms with E-state index in [4.69, 9.17) is 4.74 Å². The molecule has 0 aromatic carbocycles. The second kappa shape index (κ2) is 9.01. The van der Waals surface area contributed by atoms with Crippen molar-refractivity contribution >= 4 is 0 Å². The number of hydrogen-bond donors (Lipinski definition) is 1. The molecule has 2 unspecified atom stereocenters. The van der Waals surface area contributed by atoms with Crippen LogP contribution >= 0.6 is 0 Å². The van der Waals surface area contributed by atoms with Crippen molar-refractivity contribution < 1.29 is 4.74 Å². The molecule has 3 nitrogen and oxygen atoms in total. The lowest BCUT2D eigenvalue weighted by Gasteiger charge is -2.38. The van der Waals surface area contributed by atoms with E-state index in [0.29, 0.717) is 11.5 Å². The van der Waals surface area contributed by atoms with Gasteiger partial charge < -0.3 is 10.1 Å². The first-order chi connectivity index (χ1) is 9.56. The van der Waals surface area contributed by atoms with Crippen molar-refractivity contribution in [3.05, 3.63) is 0 Å². The van der Waals surface area contributed by atoms with Gasteiger partial charge in [0.2, 0.25) is 0 Å². The first kappa shape index (κ1) is 17.9. The van der Waals surface area contributed by atoms with E-state index in [9.17, 15) is 0 Å². The van der Waals surface area contributed by atoms with Crippen LogP contribution < -0.4 is 5.32 Å². The maximum atomic E-state index is 5.31. The molecule has 0 heterocycles. The van der Waals surface area contributed by atoms with Crippen molar-refractivity contribution in [3.63, 3.8) is 0 Å². The van der Waals surface area contributed by atoms with Crippen molar-refractivity contribution in [1.82, 2.24) is 10.2 Å². The van der Waals surface area contributed by atoms with Crippen LogP contribution in [-0.4, -0.2) is 50.8 Å². The second-order valence-electron chi connectivity index (χ2n) is 6.88. The summed E-state index contributed by atoms with van der Waals surface area (Å²) in [4.78, 5) is 2.66. The molecule has 0 radical (unpaired) electrons. The van der Waals surface area contributed by atoms with Gasteiger partial charge in [-0.25, -0.2) is 0 Å². The summed E-state index contributed by atoms with van der Waals surface area (Å²) in [6, 6.07) is 0.710. The third kappa shape index (κ3) is 6.11. The first-order valence-corrected chi connectivity index (χ1v) is 8.50. The highest BCUT2D eigenvalue weighted by Crippen LogP contribution is 2.36. The number of hydrogen-bond acceptors (Lipinski definition) is 3. The average molecular weight is 284 g/mol. The van der Waals surface area contributed by atoms with Crippen LogP contribution in [0.5, 0.6) is 0 Å². The van der Waals surface area contributed by atoms with Crippen LogP contribution in [-0.2, 0) is 4.74 Å². The largest absolute Gasteiger partial charge is 0.383 e. The summed E-state index contributed by atoms with van der Waals surface area (Å²) in [7, 11) is 1.81. The maximum Gasteiger partial charge on any atom is 0.0589 e. The fourth-order valence-corrected chi connectivity index (χ4v) is 2.86. The average Bonchev–Trinajstić information content (AvgIpc) is 3.27. The molecule has 1 N–H and O–H groups in total. The van der Waals surface area contributed by atoms with E-state index >= 15 is 0 Å². The molecule has 3 heteroatoms. The topological polar surface area (TPSA) is 24.5 Å². The molecule has 0 aromatic rings. The van der Waals surface area contributed by atoms with Gasteiger partial charge in [-0.2, -0.15) is 0 Å². The third-order valence-electron chi connectivity index (χ3n) is 4.88. The molecule has 0 spiro atoms. The van der Waals surface area contributed by atoms with Crippen LogP contribution in [0.1, 0.15) is 53.4 Å². The Kier molecular flexibility index (Phi) is 8.08. The van der Waals surface area contributed by atoms with Gasteiger partial charge in [-0.1, -0.05) is 20.8 Å². The van der Waals surface area contributed by atoms with Crippen molar-refractivity contribution in [2.75, 3.05) is 39.9 Å². The van der Waals surface area contributed by atoms with Crippen LogP contribution in [0.15, 0.2) is 0 Å². The molecule has 120 valence electrons. The molecule has 1 rings (SSSR count). The minimum Gasteiger partial charge on any atom is -0.383 e. The van der Waals surface area contributed by atoms with Gasteiger partial charge in [0.25, 0.3) is 0 Å². The minimum absolute atomic E-state index is 0.367. The molecule has 1 fully saturated rings. The van der Waals surface area contributed by atoms with Gasteiger partial charge in [0.1, 0.15) is 0 Å². The molecular formula is C17H36N2O. The molecule has 0 saturated heterocycles. The van der Waals surface area contributed by atoms with Gasteiger partial charge in [-0.3, -0.25) is 4.90 Å². The smallest absolute Gasteiger partial charge is 0.0589 e. The Hall–Kier alpha value is -0.120. The highest BCUT2D eigenvalue weighted by Gasteiger charge is 2.34. The van der Waals surface area contributed by atoms with E-state index in [1.165, 1.54) is 32.2 Å². The summed E-state index contributed by atoms with van der Waals surface area (Å²) in [6.45, 7) is 14.7. The molecule has 1 aliphatic carbocycles. The molecular weight excluding hydrogens is 248 g/mol. The lowest BCUT2D eigenvalue weighted by atomic mass is 9.86. The summed E-state index contributed by atoms with van der Waals surface area (Å²) < 4.78 is 5.31. The summed E-state index contributed by atoms with van der Waals surface area (Å²) in [5, 5.41) is 3.61. The van der Waals surface area contributed by atoms with Crippen molar-refractivity contribution in [2.45, 2.75) is 59.4 Å². The Morgan fingerprint density at radius 3 is 2.55 bits per heavy atom. The Morgan fingerprint density at radius 1 is 1.35 bits per heavy atom. The Balaban J connectivity index is 2.53. The minimum atomic E-state index is 0.367. The zero-order valence-electron chi connectivity index (χ0n) is 14.4. The third-order valence-corrected chi connectivity index (χ3v) is 4.88. The highest BCUT2D eigenvalue weighted by atomic mass is 16.5. The summed E-state index contributed by atoms with van der Waals surface area (Å²) in [5.74, 6) is 0.927. The molecule has 0 amide bonds. The predicted octanol–water partition coefficient (Wildman–Crippen LogP) is 3.15. The molecule has 20 heavy (non-hydrogen) atoms. The fraction of sp³-hybridized carbons (Fsp3) is 1.00. The number of nitrogens with one attached hydrogen (secondary N) is 1. The van der Waals surface area contributed by atoms with Gasteiger partial charge in [0.15, 0.2) is 0 Å². The van der Waals surface area contributed by atoms with E-state index in [1.54, 1.807) is 0 Å². The van der Waals surface area contributed by atoms with Crippen LogP contribution in [0.25, 0.3) is 0 Å². The lowest BCUT2D eigenvalue weighted by Crippen LogP contribution is -2.47. The molecule has 0 aromatic heterocycles. The molecule has 1 aliphatic rings. The zero-order valence-corrected chi connectivity index (χ0v) is 14.4. The zero-order chi connectivity index (χ0) is 15.0. The van der Waals surface area contributed by atoms with E-state index < -0.39 is 0 Å². The number of methoxy groups -OCH3 is 1. The van der Waals surface area contributed by atoms with Crippen LogP contribution in [0, 0.1) is 11.3 Å². The molecule has 0 aliphatic heterocycles. The SMILES string of the molecule is CCCNCC(C)(CC)CN(CCOC)C(C)C1CC1. The normalized spacial score (nSPS) is 20.1. The monoisotopic (exact) mass is 284 g/mol. The van der Waals surface area contributed by atoms with Gasteiger partial charge in [0, 0.05) is 32.8 Å². The van der Waals surface area contributed by atoms with Crippen LogP contribution in [0.2, 0.25) is 0 Å². The predicted molar refractivity (Wildman–Crippen MR) is 87.2 cm³/mol. The maximum absolute atomic E-state index is 5.31. The lowest BCUT2D eigenvalue weighted by molar-refractivity contribution is 0.0754.